The van der Waals surface area contributed by atoms with Crippen molar-refractivity contribution in [1.29, 1.82) is 0 Å². The quantitative estimate of drug-likeness (QED) is 0.542. The van der Waals surface area contributed by atoms with Crippen molar-refractivity contribution in [2.24, 2.45) is 5.92 Å². The molecule has 0 atom stereocenters. The number of carbonyl (C=O) groups excluding carboxylic acids is 1. The third-order valence-electron chi connectivity index (χ3n) is 6.00. The van der Waals surface area contributed by atoms with Crippen LogP contribution in [0.25, 0.3) is 0 Å². The van der Waals surface area contributed by atoms with E-state index in [0.29, 0.717) is 12.5 Å². The Bertz CT molecular complexity index is 1190. The Labute approximate surface area is 193 Å². The number of nitrogens with zero attached hydrogens (tertiary/aromatic N) is 3. The number of benzene rings is 2. The zero-order valence-electron chi connectivity index (χ0n) is 18.6. The third-order valence-corrected chi connectivity index (χ3v) is 7.63. The van der Waals surface area contributed by atoms with Crippen LogP contribution in [0.1, 0.15) is 40.5 Å². The number of piperidine rings is 1. The number of aromatic nitrogens is 2. The molecule has 1 aliphatic rings. The Morgan fingerprint density at radius 2 is 1.79 bits per heavy atom. The minimum atomic E-state index is -3.61. The fraction of sp³-hybridized carbons (Fsp3) is 0.375. The van der Waals surface area contributed by atoms with Crippen molar-refractivity contribution in [3.8, 4) is 0 Å². The van der Waals surface area contributed by atoms with Crippen molar-refractivity contribution in [2.75, 3.05) is 19.6 Å². The highest BCUT2D eigenvalue weighted by molar-refractivity contribution is 7.90. The minimum Gasteiger partial charge on any atom is -0.348 e. The lowest BCUT2D eigenvalue weighted by atomic mass is 9.96. The van der Waals surface area contributed by atoms with E-state index in [1.165, 1.54) is 23.3 Å². The average Bonchev–Trinajstić information content (AvgIpc) is 3.28. The van der Waals surface area contributed by atoms with Crippen molar-refractivity contribution in [1.82, 2.24) is 20.4 Å². The maximum Gasteiger partial charge on any atom is 0.315 e. The van der Waals surface area contributed by atoms with Gasteiger partial charge in [-0.05, 0) is 62.0 Å². The predicted molar refractivity (Wildman–Crippen MR) is 123 cm³/mol. The van der Waals surface area contributed by atoms with Crippen molar-refractivity contribution in [3.63, 3.8) is 0 Å². The highest BCUT2D eigenvalue weighted by Gasteiger charge is 2.24. The largest absolute Gasteiger partial charge is 0.348 e. The van der Waals surface area contributed by atoms with E-state index in [2.05, 4.69) is 51.5 Å². The van der Waals surface area contributed by atoms with E-state index in [1.54, 1.807) is 18.2 Å². The second-order valence-electron chi connectivity index (χ2n) is 8.44. The molecule has 4 rings (SSSR count). The molecule has 1 saturated heterocycles. The fourth-order valence-corrected chi connectivity index (χ4v) is 5.17. The maximum atomic E-state index is 12.4. The Balaban J connectivity index is 1.24. The lowest BCUT2D eigenvalue weighted by Gasteiger charge is -2.32. The van der Waals surface area contributed by atoms with Crippen LogP contribution in [0, 0.1) is 12.8 Å². The lowest BCUT2D eigenvalue weighted by molar-refractivity contribution is 0.0891. The van der Waals surface area contributed by atoms with E-state index in [0.717, 1.165) is 32.5 Å². The molecule has 0 saturated carbocycles. The molecule has 8 nitrogen and oxygen atoms in total. The first-order valence-corrected chi connectivity index (χ1v) is 12.7. The summed E-state index contributed by atoms with van der Waals surface area (Å²) in [5.74, 6) is -0.775. The molecule has 1 aromatic heterocycles. The molecule has 0 radical (unpaired) electrons. The Morgan fingerprint density at radius 1 is 1.09 bits per heavy atom. The summed E-state index contributed by atoms with van der Waals surface area (Å²) in [6.07, 6.45) is 1.99. The van der Waals surface area contributed by atoms with Gasteiger partial charge in [0.1, 0.15) is 5.75 Å². The molecule has 0 unspecified atom stereocenters. The van der Waals surface area contributed by atoms with Crippen molar-refractivity contribution < 1.29 is 17.7 Å². The number of hydrogen-bond donors (Lipinski definition) is 1. The van der Waals surface area contributed by atoms with Crippen molar-refractivity contribution >= 4 is 15.7 Å². The van der Waals surface area contributed by atoms with E-state index < -0.39 is 21.5 Å². The predicted octanol–water partition coefficient (Wildman–Crippen LogP) is 2.99. The molecular weight excluding hydrogens is 440 g/mol. The Hall–Kier alpha value is -3.04. The monoisotopic (exact) mass is 468 g/mol. The first-order chi connectivity index (χ1) is 15.9. The number of hydrogen-bond acceptors (Lipinski definition) is 7. The summed E-state index contributed by atoms with van der Waals surface area (Å²) in [6.45, 7) is 5.57. The van der Waals surface area contributed by atoms with Gasteiger partial charge in [-0.25, -0.2) is 8.42 Å². The van der Waals surface area contributed by atoms with Crippen LogP contribution in [-0.2, 0) is 22.1 Å². The summed E-state index contributed by atoms with van der Waals surface area (Å²) in [4.78, 5) is 19.0. The van der Waals surface area contributed by atoms with Crippen LogP contribution in [0.4, 0.5) is 0 Å². The first-order valence-electron chi connectivity index (χ1n) is 11.1. The number of likely N-dealkylation sites (tertiary alicyclic amines) is 1. The van der Waals surface area contributed by atoms with Crippen LogP contribution in [-0.4, -0.2) is 49.0 Å². The number of amides is 1. The second kappa shape index (κ2) is 10.3. The summed E-state index contributed by atoms with van der Waals surface area (Å²) in [7, 11) is -3.61. The minimum absolute atomic E-state index is 0.0338. The van der Waals surface area contributed by atoms with Gasteiger partial charge in [0.25, 0.3) is 0 Å². The number of rotatable bonds is 8. The molecule has 3 aromatic rings. The molecule has 2 heterocycles. The van der Waals surface area contributed by atoms with Gasteiger partial charge < -0.3 is 9.84 Å². The number of nitrogens with one attached hydrogen (secondary N) is 1. The van der Waals surface area contributed by atoms with Crippen molar-refractivity contribution in [2.45, 2.75) is 37.0 Å². The molecule has 0 bridgehead atoms. The van der Waals surface area contributed by atoms with Crippen LogP contribution in [0.15, 0.2) is 64.0 Å². The fourth-order valence-electron chi connectivity index (χ4n) is 3.98. The lowest BCUT2D eigenvalue weighted by Crippen LogP contribution is -2.38. The second-order valence-corrected chi connectivity index (χ2v) is 10.4. The van der Waals surface area contributed by atoms with E-state index in [1.807, 2.05) is 0 Å². The molecule has 1 N–H and O–H groups in total. The molecule has 174 valence electrons. The third kappa shape index (κ3) is 6.06. The molecule has 1 fully saturated rings. The van der Waals surface area contributed by atoms with E-state index in [4.69, 9.17) is 4.52 Å². The van der Waals surface area contributed by atoms with E-state index >= 15 is 0 Å². The molecule has 1 amide bonds. The van der Waals surface area contributed by atoms with Crippen LogP contribution >= 0.6 is 0 Å². The molecule has 2 aromatic carbocycles. The van der Waals surface area contributed by atoms with Gasteiger partial charge in [0.05, 0.1) is 4.90 Å². The van der Waals surface area contributed by atoms with E-state index in [9.17, 15) is 13.2 Å². The SMILES string of the molecule is Cc1ccccc1CN1CCC(CNC(=O)c2nc(CS(=O)(=O)c3ccccc3)no2)CC1. The summed E-state index contributed by atoms with van der Waals surface area (Å²) < 4.78 is 29.9. The zero-order valence-corrected chi connectivity index (χ0v) is 19.4. The number of carbonyl (C=O) groups is 1. The Morgan fingerprint density at radius 3 is 2.52 bits per heavy atom. The smallest absolute Gasteiger partial charge is 0.315 e. The van der Waals surface area contributed by atoms with Crippen molar-refractivity contribution in [3.05, 3.63) is 77.4 Å². The molecule has 9 heteroatoms. The van der Waals surface area contributed by atoms with Gasteiger partial charge in [-0.2, -0.15) is 4.98 Å². The summed E-state index contributed by atoms with van der Waals surface area (Å²) in [6, 6.07) is 16.5. The van der Waals surface area contributed by atoms with Gasteiger partial charge in [0.15, 0.2) is 15.7 Å². The normalized spacial score (nSPS) is 15.4. The standard InChI is InChI=1S/C24H28N4O4S/c1-18-7-5-6-8-20(18)16-28-13-11-19(12-14-28)15-25-23(29)24-26-22(27-32-24)17-33(30,31)21-9-3-2-4-10-21/h2-10,19H,11-17H2,1H3,(H,25,29). The van der Waals surface area contributed by atoms with Gasteiger partial charge in [0, 0.05) is 13.1 Å². The molecule has 0 spiro atoms. The van der Waals surface area contributed by atoms with Gasteiger partial charge >= 0.3 is 11.8 Å². The topological polar surface area (TPSA) is 105 Å². The first kappa shape index (κ1) is 23.1. The Kier molecular flexibility index (Phi) is 7.20. The molecular formula is C24H28N4O4S. The van der Waals surface area contributed by atoms with Gasteiger partial charge in [-0.15, -0.1) is 0 Å². The van der Waals surface area contributed by atoms with E-state index in [-0.39, 0.29) is 16.6 Å². The molecule has 1 aliphatic heterocycles. The molecule has 0 aliphatic carbocycles. The highest BCUT2D eigenvalue weighted by Crippen LogP contribution is 2.20. The van der Waals surface area contributed by atoms with Gasteiger partial charge in [0.2, 0.25) is 0 Å². The van der Waals surface area contributed by atoms with Crippen LogP contribution in [0.2, 0.25) is 0 Å². The zero-order chi connectivity index (χ0) is 23.3. The maximum absolute atomic E-state index is 12.4. The molecule has 33 heavy (non-hydrogen) atoms. The van der Waals surface area contributed by atoms with Gasteiger partial charge in [-0.1, -0.05) is 47.6 Å². The van der Waals surface area contributed by atoms with Gasteiger partial charge in [-0.3, -0.25) is 9.69 Å². The van der Waals surface area contributed by atoms with Crippen LogP contribution in [0.5, 0.6) is 0 Å². The van der Waals surface area contributed by atoms with Crippen LogP contribution < -0.4 is 5.32 Å². The summed E-state index contributed by atoms with van der Waals surface area (Å²) >= 11 is 0. The highest BCUT2D eigenvalue weighted by atomic mass is 32.2. The average molecular weight is 469 g/mol. The summed E-state index contributed by atoms with van der Waals surface area (Å²) in [5.41, 5.74) is 2.66. The van der Waals surface area contributed by atoms with Crippen LogP contribution in [0.3, 0.4) is 0 Å². The summed E-state index contributed by atoms with van der Waals surface area (Å²) in [5, 5.41) is 6.51. The number of aryl methyl sites for hydroxylation is 1. The number of sulfone groups is 1.